The van der Waals surface area contributed by atoms with Crippen molar-refractivity contribution in [1.29, 1.82) is 0 Å². The lowest BCUT2D eigenvalue weighted by Gasteiger charge is -2.15. The van der Waals surface area contributed by atoms with Gasteiger partial charge in [-0.2, -0.15) is 0 Å². The Balaban J connectivity index is 1.53. The highest BCUT2D eigenvalue weighted by Crippen LogP contribution is 2.35. The van der Waals surface area contributed by atoms with E-state index in [1.807, 2.05) is 39.0 Å². The first kappa shape index (κ1) is 26.1. The van der Waals surface area contributed by atoms with E-state index in [0.29, 0.717) is 21.1 Å². The molecule has 2 heterocycles. The molecule has 0 saturated heterocycles. The van der Waals surface area contributed by atoms with Crippen LogP contribution >= 0.6 is 23.1 Å². The molecule has 1 aliphatic rings. The molecular formula is C28H28N4O4S2. The molecular weight excluding hydrogens is 520 g/mol. The lowest BCUT2D eigenvalue weighted by atomic mass is 9.97. The van der Waals surface area contributed by atoms with Crippen molar-refractivity contribution in [2.45, 2.75) is 58.5 Å². The van der Waals surface area contributed by atoms with Crippen LogP contribution < -0.4 is 10.9 Å². The molecule has 1 amide bonds. The van der Waals surface area contributed by atoms with Crippen molar-refractivity contribution in [2.24, 2.45) is 0 Å². The molecule has 0 bridgehead atoms. The Morgan fingerprint density at radius 3 is 2.47 bits per heavy atom. The number of nitro benzene ring substituents is 1. The number of benzene rings is 2. The van der Waals surface area contributed by atoms with Crippen molar-refractivity contribution < 1.29 is 9.72 Å². The number of anilines is 1. The van der Waals surface area contributed by atoms with E-state index < -0.39 is 10.8 Å². The molecule has 1 N–H and O–H groups in total. The maximum atomic E-state index is 14.0. The molecule has 0 aliphatic heterocycles. The van der Waals surface area contributed by atoms with Crippen LogP contribution in [0, 0.1) is 37.8 Å². The number of fused-ring (bicyclic) bond motifs is 3. The summed E-state index contributed by atoms with van der Waals surface area (Å²) in [6, 6.07) is 9.02. The SMILES string of the molecule is Cc1cc(C)cc(-n2c(SCC(=O)Nc3cc(C)c(C)cc3[N+](=O)[O-])nc3sc4c(c3c2=O)CCCC4)c1. The van der Waals surface area contributed by atoms with E-state index in [2.05, 4.69) is 5.32 Å². The van der Waals surface area contributed by atoms with E-state index in [1.54, 1.807) is 28.9 Å². The highest BCUT2D eigenvalue weighted by molar-refractivity contribution is 7.99. The van der Waals surface area contributed by atoms with Crippen LogP contribution in [0.15, 0.2) is 40.3 Å². The van der Waals surface area contributed by atoms with Gasteiger partial charge in [0.1, 0.15) is 10.5 Å². The molecule has 5 rings (SSSR count). The number of nitro groups is 1. The van der Waals surface area contributed by atoms with E-state index in [4.69, 9.17) is 4.98 Å². The minimum Gasteiger partial charge on any atom is -0.320 e. The lowest BCUT2D eigenvalue weighted by molar-refractivity contribution is -0.384. The van der Waals surface area contributed by atoms with Gasteiger partial charge in [0.15, 0.2) is 5.16 Å². The fourth-order valence-electron chi connectivity index (χ4n) is 4.96. The van der Waals surface area contributed by atoms with Gasteiger partial charge in [0.05, 0.1) is 21.7 Å². The Morgan fingerprint density at radius 1 is 1.08 bits per heavy atom. The summed E-state index contributed by atoms with van der Waals surface area (Å²) in [6.45, 7) is 7.60. The first-order valence-corrected chi connectivity index (χ1v) is 14.3. The normalized spacial score (nSPS) is 12.9. The zero-order chi connectivity index (χ0) is 27.1. The van der Waals surface area contributed by atoms with E-state index in [-0.39, 0.29) is 22.7 Å². The van der Waals surface area contributed by atoms with Crippen molar-refractivity contribution in [3.05, 3.63) is 83.5 Å². The minimum absolute atomic E-state index is 0.0576. The van der Waals surface area contributed by atoms with Crippen LogP contribution in [0.2, 0.25) is 0 Å². The Labute approximate surface area is 228 Å². The number of carbonyl (C=O) groups is 1. The monoisotopic (exact) mass is 548 g/mol. The van der Waals surface area contributed by atoms with Gasteiger partial charge in [-0.15, -0.1) is 11.3 Å². The van der Waals surface area contributed by atoms with Crippen LogP contribution in [-0.4, -0.2) is 26.1 Å². The van der Waals surface area contributed by atoms with Gasteiger partial charge < -0.3 is 5.32 Å². The number of hydrogen-bond acceptors (Lipinski definition) is 7. The van der Waals surface area contributed by atoms with Crippen LogP contribution in [-0.2, 0) is 17.6 Å². The average molecular weight is 549 g/mol. The van der Waals surface area contributed by atoms with Crippen LogP contribution in [0.3, 0.4) is 0 Å². The summed E-state index contributed by atoms with van der Waals surface area (Å²) in [5, 5.41) is 15.3. The van der Waals surface area contributed by atoms with Crippen molar-refractivity contribution in [1.82, 2.24) is 9.55 Å². The summed E-state index contributed by atoms with van der Waals surface area (Å²) in [7, 11) is 0. The predicted octanol–water partition coefficient (Wildman–Crippen LogP) is 6.20. The topological polar surface area (TPSA) is 107 Å². The van der Waals surface area contributed by atoms with Gasteiger partial charge in [-0.25, -0.2) is 4.98 Å². The molecule has 1 aliphatic carbocycles. The summed E-state index contributed by atoms with van der Waals surface area (Å²) in [5.74, 6) is -0.467. The highest BCUT2D eigenvalue weighted by atomic mass is 32.2. The van der Waals surface area contributed by atoms with Gasteiger partial charge in [-0.05, 0) is 99.4 Å². The zero-order valence-electron chi connectivity index (χ0n) is 21.7. The number of carbonyl (C=O) groups excluding carboxylic acids is 1. The first-order valence-electron chi connectivity index (χ1n) is 12.5. The van der Waals surface area contributed by atoms with Crippen molar-refractivity contribution >= 4 is 50.6 Å². The third-order valence-corrected chi connectivity index (χ3v) is 8.96. The van der Waals surface area contributed by atoms with Gasteiger partial charge in [-0.1, -0.05) is 17.8 Å². The molecule has 0 unspecified atom stereocenters. The number of thiophene rings is 1. The molecule has 10 heteroatoms. The van der Waals surface area contributed by atoms with Crippen LogP contribution in [0.1, 0.15) is 45.5 Å². The second-order valence-electron chi connectivity index (χ2n) is 9.82. The second kappa shape index (κ2) is 10.3. The van der Waals surface area contributed by atoms with E-state index in [9.17, 15) is 19.7 Å². The summed E-state index contributed by atoms with van der Waals surface area (Å²) in [5.41, 5.74) is 5.38. The quantitative estimate of drug-likeness (QED) is 0.133. The molecule has 0 fully saturated rings. The van der Waals surface area contributed by atoms with Gasteiger partial charge in [-0.3, -0.25) is 24.3 Å². The second-order valence-corrected chi connectivity index (χ2v) is 11.8. The highest BCUT2D eigenvalue weighted by Gasteiger charge is 2.24. The summed E-state index contributed by atoms with van der Waals surface area (Å²) >= 11 is 2.72. The zero-order valence-corrected chi connectivity index (χ0v) is 23.3. The third kappa shape index (κ3) is 4.98. The van der Waals surface area contributed by atoms with E-state index >= 15 is 0 Å². The number of hydrogen-bond donors (Lipinski definition) is 1. The molecule has 0 radical (unpaired) electrons. The molecule has 2 aromatic heterocycles. The van der Waals surface area contributed by atoms with Crippen molar-refractivity contribution in [3.8, 4) is 5.69 Å². The molecule has 0 atom stereocenters. The van der Waals surface area contributed by atoms with Crippen LogP contribution in [0.4, 0.5) is 11.4 Å². The number of rotatable bonds is 6. The Kier molecular flexibility index (Phi) is 7.11. The third-order valence-electron chi connectivity index (χ3n) is 6.84. The van der Waals surface area contributed by atoms with Gasteiger partial charge in [0.25, 0.3) is 11.2 Å². The maximum Gasteiger partial charge on any atom is 0.293 e. The van der Waals surface area contributed by atoms with Gasteiger partial charge in [0.2, 0.25) is 5.91 Å². The molecule has 0 saturated carbocycles. The average Bonchev–Trinajstić information content (AvgIpc) is 3.22. The fraction of sp³-hybridized carbons (Fsp3) is 0.321. The molecule has 38 heavy (non-hydrogen) atoms. The van der Waals surface area contributed by atoms with Crippen LogP contribution in [0.25, 0.3) is 15.9 Å². The lowest BCUT2D eigenvalue weighted by Crippen LogP contribution is -2.23. The molecule has 2 aromatic carbocycles. The number of thioether (sulfide) groups is 1. The molecule has 196 valence electrons. The Bertz CT molecular complexity index is 1650. The van der Waals surface area contributed by atoms with E-state index in [1.165, 1.54) is 10.9 Å². The smallest absolute Gasteiger partial charge is 0.293 e. The Morgan fingerprint density at radius 2 is 1.76 bits per heavy atom. The fourth-order valence-corrected chi connectivity index (χ4v) is 7.07. The first-order chi connectivity index (χ1) is 18.1. The molecule has 0 spiro atoms. The molecule has 8 nitrogen and oxygen atoms in total. The summed E-state index contributed by atoms with van der Waals surface area (Å²) in [6.07, 6.45) is 4.00. The number of nitrogens with zero attached hydrogens (tertiary/aromatic N) is 3. The van der Waals surface area contributed by atoms with Crippen LogP contribution in [0.5, 0.6) is 0 Å². The predicted molar refractivity (Wildman–Crippen MR) is 153 cm³/mol. The number of amides is 1. The van der Waals surface area contributed by atoms with Crippen molar-refractivity contribution in [3.63, 3.8) is 0 Å². The standard InChI is InChI=1S/C28H28N4O4S2/c1-15-9-16(2)11-19(10-15)31-27(34)25-20-7-5-6-8-23(20)38-26(25)30-28(31)37-14-24(33)29-21-12-17(3)18(4)13-22(21)32(35)36/h9-13H,5-8,14H2,1-4H3,(H,29,33). The summed E-state index contributed by atoms with van der Waals surface area (Å²) in [4.78, 5) is 44.8. The summed E-state index contributed by atoms with van der Waals surface area (Å²) < 4.78 is 1.61. The number of aryl methyl sites for hydroxylation is 6. The van der Waals surface area contributed by atoms with Gasteiger partial charge >= 0.3 is 0 Å². The maximum absolute atomic E-state index is 14.0. The minimum atomic E-state index is -0.499. The number of aromatic nitrogens is 2. The Hall–Kier alpha value is -3.50. The largest absolute Gasteiger partial charge is 0.320 e. The van der Waals surface area contributed by atoms with E-state index in [0.717, 1.165) is 65.3 Å². The molecule has 4 aromatic rings. The number of nitrogens with one attached hydrogen (secondary N) is 1. The van der Waals surface area contributed by atoms with Gasteiger partial charge in [0, 0.05) is 10.9 Å². The van der Waals surface area contributed by atoms with Crippen molar-refractivity contribution in [2.75, 3.05) is 11.1 Å².